The number of hydrogen-bond acceptors (Lipinski definition) is 11. The lowest BCUT2D eigenvalue weighted by atomic mass is 10.2. The topological polar surface area (TPSA) is 159 Å². The molecule has 3 aliphatic rings. The molecule has 0 unspecified atom stereocenters. The molecule has 6 heterocycles. The molecular weight excluding hydrogens is 562 g/mol. The van der Waals surface area contributed by atoms with Gasteiger partial charge in [0.25, 0.3) is 16.7 Å². The van der Waals surface area contributed by atoms with E-state index in [4.69, 9.17) is 0 Å². The summed E-state index contributed by atoms with van der Waals surface area (Å²) in [7, 11) is 17.1. The Morgan fingerprint density at radius 3 is 1.58 bits per heavy atom. The van der Waals surface area contributed by atoms with Crippen molar-refractivity contribution in [1.82, 2.24) is 27.8 Å². The van der Waals surface area contributed by atoms with Gasteiger partial charge in [-0.15, -0.1) is 0 Å². The zero-order valence-electron chi connectivity index (χ0n) is 26.3. The van der Waals surface area contributed by atoms with E-state index >= 15 is 0 Å². The molecule has 234 valence electrons. The van der Waals surface area contributed by atoms with Crippen LogP contribution in [0.25, 0.3) is 0 Å². The molecule has 0 fully saturated rings. The number of aromatic nitrogens is 6. The van der Waals surface area contributed by atoms with Crippen LogP contribution in [-0.2, 0) is 41.7 Å². The highest BCUT2D eigenvalue weighted by Crippen LogP contribution is 2.28. The maximum atomic E-state index is 11.9. The van der Waals surface area contributed by atoms with E-state index in [1.807, 2.05) is 59.7 Å². The van der Waals surface area contributed by atoms with Gasteiger partial charge in [0.2, 0.25) is 0 Å². The zero-order valence-corrected chi connectivity index (χ0v) is 26.3. The third kappa shape index (κ3) is 4.93. The van der Waals surface area contributed by atoms with E-state index in [-0.39, 0.29) is 33.7 Å². The van der Waals surface area contributed by atoms with Crippen molar-refractivity contribution in [3.8, 4) is 0 Å². The van der Waals surface area contributed by atoms with E-state index in [1.165, 1.54) is 30.3 Å². The number of fused-ring (bicyclic) bond motifs is 3. The number of likely N-dealkylation sites (N-methyl/N-ethyl adjacent to an activating group) is 1. The second-order valence-electron chi connectivity index (χ2n) is 11.1. The van der Waals surface area contributed by atoms with Gasteiger partial charge in [-0.25, -0.2) is 14.4 Å². The normalized spacial score (nSPS) is 14.7. The third-order valence-electron chi connectivity index (χ3n) is 8.01. The van der Waals surface area contributed by atoms with Crippen molar-refractivity contribution in [2.24, 2.45) is 35.2 Å². The van der Waals surface area contributed by atoms with Crippen LogP contribution < -0.4 is 58.2 Å². The minimum absolute atomic E-state index is 0.160. The van der Waals surface area contributed by atoms with Crippen LogP contribution in [0, 0.1) is 0 Å². The fourth-order valence-electron chi connectivity index (χ4n) is 5.71. The lowest BCUT2D eigenvalue weighted by molar-refractivity contribution is 0.680. The molecule has 0 aromatic carbocycles. The molecule has 6 rings (SSSR count). The maximum absolute atomic E-state index is 11.9. The third-order valence-corrected chi connectivity index (χ3v) is 8.01. The van der Waals surface area contributed by atoms with Gasteiger partial charge in [-0.1, -0.05) is 0 Å². The van der Waals surface area contributed by atoms with Gasteiger partial charge in [-0.05, 0) is 6.42 Å². The van der Waals surface area contributed by atoms with Gasteiger partial charge < -0.3 is 24.5 Å². The van der Waals surface area contributed by atoms with Crippen LogP contribution in [0.1, 0.15) is 5.56 Å². The lowest BCUT2D eigenvalue weighted by Gasteiger charge is -2.15. The van der Waals surface area contributed by atoms with Crippen LogP contribution in [0.5, 0.6) is 0 Å². The van der Waals surface area contributed by atoms with Gasteiger partial charge in [0, 0.05) is 77.0 Å². The van der Waals surface area contributed by atoms with Crippen LogP contribution in [-0.4, -0.2) is 82.9 Å². The molecule has 0 spiro atoms. The van der Waals surface area contributed by atoms with Crippen molar-refractivity contribution in [2.75, 3.05) is 79.6 Å². The number of nitrogens with zero attached hydrogens (tertiary/aromatic N) is 10. The summed E-state index contributed by atoms with van der Waals surface area (Å²) in [4.78, 5) is 81.9. The first-order chi connectivity index (χ1) is 20.0. The number of rotatable bonds is 0. The molecule has 17 nitrogen and oxygen atoms in total. The maximum Gasteiger partial charge on any atom is 0.332 e. The Balaban J connectivity index is 0.000000148. The van der Waals surface area contributed by atoms with Gasteiger partial charge in [0.15, 0.2) is 0 Å². The Hall–Kier alpha value is -4.96. The molecule has 1 N–H and O–H groups in total. The SMILES string of the molecule is CN1CCc2c1n(C)c(=O)n(C)c2=O.CN1CN(C)c2c1[nH]c(=O)n(C)c2=O.CN1CN(C)c2c1c(=O)n(C)c(=O)n2C. The summed E-state index contributed by atoms with van der Waals surface area (Å²) in [6.45, 7) is 2.05. The summed E-state index contributed by atoms with van der Waals surface area (Å²) in [5.41, 5.74) is 0.302. The van der Waals surface area contributed by atoms with Crippen LogP contribution in [0.3, 0.4) is 0 Å². The number of hydrogen-bond donors (Lipinski definition) is 1. The second-order valence-corrected chi connectivity index (χ2v) is 11.1. The van der Waals surface area contributed by atoms with Crippen LogP contribution in [0.2, 0.25) is 0 Å². The first-order valence-corrected chi connectivity index (χ1v) is 13.5. The minimum atomic E-state index is -0.379. The summed E-state index contributed by atoms with van der Waals surface area (Å²) in [6.07, 6.45) is 0.729. The highest BCUT2D eigenvalue weighted by molar-refractivity contribution is 5.71. The Bertz CT molecular complexity index is 1960. The Morgan fingerprint density at radius 2 is 0.977 bits per heavy atom. The molecule has 0 radical (unpaired) electrons. The molecule has 0 saturated carbocycles. The molecule has 3 aromatic rings. The fourth-order valence-corrected chi connectivity index (χ4v) is 5.71. The molecule has 0 saturated heterocycles. The summed E-state index contributed by atoms with van der Waals surface area (Å²) in [5.74, 6) is 2.05. The highest BCUT2D eigenvalue weighted by Gasteiger charge is 2.28. The van der Waals surface area contributed by atoms with Gasteiger partial charge in [0.1, 0.15) is 28.8 Å². The average molecular weight is 602 g/mol. The van der Waals surface area contributed by atoms with E-state index < -0.39 is 0 Å². The zero-order chi connectivity index (χ0) is 32.2. The average Bonchev–Trinajstić information content (AvgIpc) is 3.59. The van der Waals surface area contributed by atoms with E-state index in [1.54, 1.807) is 14.1 Å². The molecular formula is C26H39N11O6. The van der Waals surface area contributed by atoms with E-state index in [0.717, 1.165) is 38.0 Å². The van der Waals surface area contributed by atoms with E-state index in [2.05, 4.69) is 4.98 Å². The minimum Gasteiger partial charge on any atom is -0.360 e. The van der Waals surface area contributed by atoms with Crippen LogP contribution >= 0.6 is 0 Å². The first kappa shape index (κ1) is 31.0. The molecule has 0 aliphatic carbocycles. The summed E-state index contributed by atoms with van der Waals surface area (Å²) in [5, 5.41) is 0. The monoisotopic (exact) mass is 601 g/mol. The molecule has 3 aromatic heterocycles. The van der Waals surface area contributed by atoms with E-state index in [0.29, 0.717) is 36.3 Å². The van der Waals surface area contributed by atoms with Gasteiger partial charge in [-0.2, -0.15) is 0 Å². The highest BCUT2D eigenvalue weighted by atomic mass is 16.2. The standard InChI is InChI=1S/C9H14N4O2.C9H13N3O2.C8H12N4O2/c1-10-5-11(2)7-6(10)8(14)13(4)9(15)12(7)3;1-10-5-4-6-7(10)11(2)9(14)12(3)8(6)13;1-10-4-11(2)6-5(10)7(13)12(3)8(14)9-6/h5H2,1-4H3;4-5H2,1-3H3;4H2,1-3H3,(H,9,14). The smallest absolute Gasteiger partial charge is 0.332 e. The second kappa shape index (κ2) is 11.0. The first-order valence-electron chi connectivity index (χ1n) is 13.5. The molecule has 17 heteroatoms. The van der Waals surface area contributed by atoms with Crippen molar-refractivity contribution in [3.05, 3.63) is 68.1 Å². The predicted molar refractivity (Wildman–Crippen MR) is 166 cm³/mol. The summed E-state index contributed by atoms with van der Waals surface area (Å²) in [6, 6.07) is 0. The van der Waals surface area contributed by atoms with Crippen LogP contribution in [0.15, 0.2) is 28.8 Å². The van der Waals surface area contributed by atoms with Crippen molar-refractivity contribution in [2.45, 2.75) is 6.42 Å². The Kier molecular flexibility index (Phi) is 7.95. The molecule has 0 bridgehead atoms. The van der Waals surface area contributed by atoms with Gasteiger partial charge in [-0.3, -0.25) is 42.2 Å². The predicted octanol–water partition coefficient (Wildman–Crippen LogP) is -3.08. The summed E-state index contributed by atoms with van der Waals surface area (Å²) >= 11 is 0. The quantitative estimate of drug-likeness (QED) is 0.279. The Morgan fingerprint density at radius 1 is 0.488 bits per heavy atom. The van der Waals surface area contributed by atoms with Crippen molar-refractivity contribution < 1.29 is 0 Å². The number of H-pyrrole nitrogens is 1. The molecule has 3 aliphatic heterocycles. The van der Waals surface area contributed by atoms with Gasteiger partial charge in [0.05, 0.1) is 18.9 Å². The van der Waals surface area contributed by atoms with Crippen LogP contribution in [0.4, 0.5) is 28.8 Å². The van der Waals surface area contributed by atoms with Gasteiger partial charge >= 0.3 is 17.1 Å². The molecule has 0 atom stereocenters. The van der Waals surface area contributed by atoms with Crippen molar-refractivity contribution in [1.29, 1.82) is 0 Å². The van der Waals surface area contributed by atoms with E-state index in [9.17, 15) is 28.8 Å². The molecule has 43 heavy (non-hydrogen) atoms. The lowest BCUT2D eigenvalue weighted by Crippen LogP contribution is -2.39. The fraction of sp³-hybridized carbons (Fsp3) is 0.538. The number of aromatic amines is 1. The largest absolute Gasteiger partial charge is 0.360 e. The number of anilines is 5. The molecule has 0 amide bonds. The van der Waals surface area contributed by atoms with Crippen molar-refractivity contribution >= 4 is 28.8 Å². The Labute approximate surface area is 246 Å². The van der Waals surface area contributed by atoms with Crippen molar-refractivity contribution in [3.63, 3.8) is 0 Å². The number of nitrogens with one attached hydrogen (secondary N) is 1. The summed E-state index contributed by atoms with van der Waals surface area (Å²) < 4.78 is 6.41.